The van der Waals surface area contributed by atoms with Crippen LogP contribution in [0.2, 0.25) is 0 Å². The fourth-order valence-electron chi connectivity index (χ4n) is 2.83. The predicted molar refractivity (Wildman–Crippen MR) is 125 cm³/mol. The lowest BCUT2D eigenvalue weighted by Crippen LogP contribution is -2.47. The van der Waals surface area contributed by atoms with Gasteiger partial charge in [-0.15, -0.1) is 11.3 Å². The van der Waals surface area contributed by atoms with Gasteiger partial charge in [-0.05, 0) is 30.2 Å². The fourth-order valence-corrected chi connectivity index (χ4v) is 3.54. The molecule has 0 aliphatic carbocycles. The second-order valence-corrected chi connectivity index (χ2v) is 8.19. The van der Waals surface area contributed by atoms with Gasteiger partial charge in [-0.2, -0.15) is 0 Å². The molecule has 5 N–H and O–H groups in total. The second kappa shape index (κ2) is 12.0. The van der Waals surface area contributed by atoms with Crippen molar-refractivity contribution in [1.82, 2.24) is 15.6 Å². The second-order valence-electron chi connectivity index (χ2n) is 7.33. The van der Waals surface area contributed by atoms with E-state index in [-0.39, 0.29) is 24.8 Å². The number of nitrogens with two attached hydrogens (primary N) is 1. The van der Waals surface area contributed by atoms with Gasteiger partial charge in [-0.1, -0.05) is 42.5 Å². The van der Waals surface area contributed by atoms with Gasteiger partial charge in [-0.3, -0.25) is 10.1 Å². The SMILES string of the molecule is CC(OCc1ccccc1)C(N)C(=O)NCc1csc(NC(=O)NCc2cccc(F)c2)n1. The molecule has 0 saturated heterocycles. The van der Waals surface area contributed by atoms with Gasteiger partial charge < -0.3 is 21.1 Å². The van der Waals surface area contributed by atoms with Gasteiger partial charge in [0, 0.05) is 11.9 Å². The first-order valence-corrected chi connectivity index (χ1v) is 11.2. The maximum absolute atomic E-state index is 13.2. The third-order valence-electron chi connectivity index (χ3n) is 4.72. The van der Waals surface area contributed by atoms with E-state index in [0.717, 1.165) is 5.56 Å². The molecular formula is C23H26FN5O3S. The molecule has 0 aliphatic heterocycles. The third-order valence-corrected chi connectivity index (χ3v) is 5.53. The molecule has 2 aromatic carbocycles. The Balaban J connectivity index is 1.39. The van der Waals surface area contributed by atoms with Crippen LogP contribution in [0.4, 0.5) is 14.3 Å². The van der Waals surface area contributed by atoms with E-state index in [1.54, 1.807) is 24.4 Å². The van der Waals surface area contributed by atoms with Gasteiger partial charge in [0.25, 0.3) is 0 Å². The first-order valence-electron chi connectivity index (χ1n) is 10.3. The summed E-state index contributed by atoms with van der Waals surface area (Å²) < 4.78 is 18.9. The molecule has 10 heteroatoms. The molecule has 0 fully saturated rings. The van der Waals surface area contributed by atoms with Crippen molar-refractivity contribution in [3.05, 3.63) is 82.6 Å². The number of carbonyl (C=O) groups is 2. The van der Waals surface area contributed by atoms with E-state index in [9.17, 15) is 14.0 Å². The van der Waals surface area contributed by atoms with E-state index in [1.165, 1.54) is 23.5 Å². The minimum atomic E-state index is -0.835. The number of anilines is 1. The summed E-state index contributed by atoms with van der Waals surface area (Å²) in [6.45, 7) is 2.47. The smallest absolute Gasteiger partial charge is 0.321 e. The predicted octanol–water partition coefficient (Wildman–Crippen LogP) is 3.15. The van der Waals surface area contributed by atoms with Crippen LogP contribution in [-0.2, 0) is 29.2 Å². The number of halogens is 1. The van der Waals surface area contributed by atoms with Crippen LogP contribution in [0.25, 0.3) is 0 Å². The largest absolute Gasteiger partial charge is 0.372 e. The van der Waals surface area contributed by atoms with Gasteiger partial charge in [0.15, 0.2) is 5.13 Å². The molecule has 1 heterocycles. The molecule has 1 aromatic heterocycles. The van der Waals surface area contributed by atoms with Crippen molar-refractivity contribution in [2.75, 3.05) is 5.32 Å². The monoisotopic (exact) mass is 471 g/mol. The van der Waals surface area contributed by atoms with Gasteiger partial charge >= 0.3 is 6.03 Å². The highest BCUT2D eigenvalue weighted by atomic mass is 32.1. The Kier molecular flexibility index (Phi) is 8.87. The Morgan fingerprint density at radius 3 is 2.61 bits per heavy atom. The number of rotatable bonds is 10. The molecular weight excluding hydrogens is 445 g/mol. The molecule has 33 heavy (non-hydrogen) atoms. The normalized spacial score (nSPS) is 12.6. The van der Waals surface area contributed by atoms with Crippen LogP contribution >= 0.6 is 11.3 Å². The Morgan fingerprint density at radius 2 is 1.85 bits per heavy atom. The van der Waals surface area contributed by atoms with Gasteiger partial charge in [-0.25, -0.2) is 14.2 Å². The lowest BCUT2D eigenvalue weighted by molar-refractivity contribution is -0.126. The molecule has 174 valence electrons. The van der Waals surface area contributed by atoms with Crippen LogP contribution in [0.3, 0.4) is 0 Å². The number of nitrogens with zero attached hydrogens (tertiary/aromatic N) is 1. The zero-order valence-electron chi connectivity index (χ0n) is 18.1. The molecule has 2 unspecified atom stereocenters. The van der Waals surface area contributed by atoms with Crippen LogP contribution in [0.5, 0.6) is 0 Å². The van der Waals surface area contributed by atoms with Crippen molar-refractivity contribution < 1.29 is 18.7 Å². The number of hydrogen-bond acceptors (Lipinski definition) is 6. The highest BCUT2D eigenvalue weighted by Gasteiger charge is 2.21. The topological polar surface area (TPSA) is 118 Å². The number of benzene rings is 2. The first kappa shape index (κ1) is 24.3. The van der Waals surface area contributed by atoms with Crippen molar-refractivity contribution in [2.24, 2.45) is 5.73 Å². The summed E-state index contributed by atoms with van der Waals surface area (Å²) in [5.74, 6) is -0.718. The number of urea groups is 1. The summed E-state index contributed by atoms with van der Waals surface area (Å²) in [6, 6.07) is 14.3. The van der Waals surface area contributed by atoms with Crippen molar-refractivity contribution >= 4 is 28.4 Å². The number of amides is 3. The molecule has 0 aliphatic rings. The molecule has 0 saturated carbocycles. The molecule has 8 nitrogen and oxygen atoms in total. The van der Waals surface area contributed by atoms with Crippen LogP contribution < -0.4 is 21.7 Å². The summed E-state index contributed by atoms with van der Waals surface area (Å²) in [5, 5.41) is 10.1. The number of aromatic nitrogens is 1. The zero-order chi connectivity index (χ0) is 23.6. The highest BCUT2D eigenvalue weighted by molar-refractivity contribution is 7.13. The number of carbonyl (C=O) groups excluding carboxylic acids is 2. The Labute approximate surface area is 195 Å². The number of ether oxygens (including phenoxy) is 1. The van der Waals surface area contributed by atoms with Crippen molar-refractivity contribution in [3.8, 4) is 0 Å². The van der Waals surface area contributed by atoms with E-state index in [0.29, 0.717) is 23.0 Å². The Bertz CT molecular complexity index is 1060. The molecule has 0 bridgehead atoms. The first-order chi connectivity index (χ1) is 15.9. The lowest BCUT2D eigenvalue weighted by Gasteiger charge is -2.19. The quantitative estimate of drug-likeness (QED) is 0.362. The van der Waals surface area contributed by atoms with Crippen molar-refractivity contribution in [2.45, 2.75) is 38.8 Å². The summed E-state index contributed by atoms with van der Waals surface area (Å²) in [5.41, 5.74) is 8.23. The summed E-state index contributed by atoms with van der Waals surface area (Å²) in [4.78, 5) is 28.6. The fraction of sp³-hybridized carbons (Fsp3) is 0.261. The van der Waals surface area contributed by atoms with E-state index in [1.807, 2.05) is 30.3 Å². The average Bonchev–Trinajstić information content (AvgIpc) is 3.27. The molecule has 3 amide bonds. The van der Waals surface area contributed by atoms with E-state index in [4.69, 9.17) is 10.5 Å². The van der Waals surface area contributed by atoms with Crippen LogP contribution in [0.15, 0.2) is 60.0 Å². The average molecular weight is 472 g/mol. The van der Waals surface area contributed by atoms with Gasteiger partial charge in [0.05, 0.1) is 24.9 Å². The Hall–Kier alpha value is -3.34. The van der Waals surface area contributed by atoms with Crippen molar-refractivity contribution in [3.63, 3.8) is 0 Å². The molecule has 0 spiro atoms. The number of nitrogens with one attached hydrogen (secondary N) is 3. The maximum atomic E-state index is 13.2. The van der Waals surface area contributed by atoms with E-state index in [2.05, 4.69) is 20.9 Å². The minimum Gasteiger partial charge on any atom is -0.372 e. The van der Waals surface area contributed by atoms with E-state index >= 15 is 0 Å². The van der Waals surface area contributed by atoms with Crippen molar-refractivity contribution in [1.29, 1.82) is 0 Å². The molecule has 2 atom stereocenters. The number of hydrogen-bond donors (Lipinski definition) is 4. The van der Waals surface area contributed by atoms with Crippen LogP contribution in [-0.4, -0.2) is 29.1 Å². The van der Waals surface area contributed by atoms with Gasteiger partial charge in [0.1, 0.15) is 11.9 Å². The van der Waals surface area contributed by atoms with E-state index < -0.39 is 18.2 Å². The van der Waals surface area contributed by atoms with Crippen LogP contribution in [0, 0.1) is 5.82 Å². The zero-order valence-corrected chi connectivity index (χ0v) is 18.9. The molecule has 0 radical (unpaired) electrons. The minimum absolute atomic E-state index is 0.168. The number of thiazole rings is 1. The summed E-state index contributed by atoms with van der Waals surface area (Å²) in [6.07, 6.45) is -0.473. The lowest BCUT2D eigenvalue weighted by atomic mass is 10.1. The Morgan fingerprint density at radius 1 is 1.09 bits per heavy atom. The van der Waals surface area contributed by atoms with Gasteiger partial charge in [0.2, 0.25) is 5.91 Å². The highest BCUT2D eigenvalue weighted by Crippen LogP contribution is 2.15. The summed E-state index contributed by atoms with van der Waals surface area (Å²) >= 11 is 1.22. The third kappa shape index (κ3) is 7.94. The summed E-state index contributed by atoms with van der Waals surface area (Å²) in [7, 11) is 0. The molecule has 3 aromatic rings. The van der Waals surface area contributed by atoms with Crippen LogP contribution in [0.1, 0.15) is 23.7 Å². The standard InChI is InChI=1S/C23H26FN5O3S/c1-15(32-13-16-6-3-2-4-7-16)20(25)21(30)26-12-19-14-33-23(28-19)29-22(31)27-11-17-8-5-9-18(24)10-17/h2-10,14-15,20H,11-13,25H2,1H3,(H,26,30)(H2,27,28,29,31). The maximum Gasteiger partial charge on any atom is 0.321 e. The molecule has 3 rings (SSSR count).